The second kappa shape index (κ2) is 4.08. The summed E-state index contributed by atoms with van der Waals surface area (Å²) >= 11 is 5.83. The van der Waals surface area contributed by atoms with Crippen LogP contribution in [0.3, 0.4) is 0 Å². The number of benzene rings is 1. The molecule has 0 unspecified atom stereocenters. The largest absolute Gasteiger partial charge is 0.482 e. The normalized spacial score (nSPS) is 14.8. The Bertz CT molecular complexity index is 394. The molecule has 0 bridgehead atoms. The van der Waals surface area contributed by atoms with E-state index in [0.717, 1.165) is 0 Å². The minimum atomic E-state index is -0.168. The minimum absolute atomic E-state index is 0.00856. The number of anilines is 1. The molecule has 4 nitrogen and oxygen atoms in total. The fraction of sp³-hybridized carbons (Fsp3) is 0.300. The van der Waals surface area contributed by atoms with Gasteiger partial charge in [-0.15, -0.1) is 0 Å². The monoisotopic (exact) mass is 227 g/mol. The molecule has 0 radical (unpaired) electrons. The molecule has 0 saturated heterocycles. The number of carbonyl (C=O) groups is 1. The number of fused-ring (bicyclic) bond motifs is 1. The van der Waals surface area contributed by atoms with E-state index in [0.29, 0.717) is 16.5 Å². The molecule has 1 heterocycles. The molecule has 1 aliphatic rings. The number of β-amino-alcohol motifs (C(OH)–C–C–N with tert-alkyl or cyclic N) is 1. The summed E-state index contributed by atoms with van der Waals surface area (Å²) in [5.41, 5.74) is 0.618. The van der Waals surface area contributed by atoms with E-state index in [9.17, 15) is 4.79 Å². The summed E-state index contributed by atoms with van der Waals surface area (Å²) in [7, 11) is 0. The van der Waals surface area contributed by atoms with Crippen molar-refractivity contribution in [3.63, 3.8) is 0 Å². The van der Waals surface area contributed by atoms with Gasteiger partial charge in [-0.2, -0.15) is 0 Å². The molecule has 0 fully saturated rings. The summed E-state index contributed by atoms with van der Waals surface area (Å²) in [5.74, 6) is 0.450. The number of carbonyl (C=O) groups excluding carboxylic acids is 1. The number of halogens is 1. The van der Waals surface area contributed by atoms with E-state index < -0.39 is 0 Å². The van der Waals surface area contributed by atoms with Crippen LogP contribution in [0.5, 0.6) is 5.75 Å². The SMILES string of the molecule is O=C1COc2ccc(Cl)cc2N1CCO. The van der Waals surface area contributed by atoms with E-state index in [1.165, 1.54) is 4.90 Å². The Kier molecular flexibility index (Phi) is 2.79. The Morgan fingerprint density at radius 2 is 2.33 bits per heavy atom. The van der Waals surface area contributed by atoms with Gasteiger partial charge in [0.1, 0.15) is 5.75 Å². The lowest BCUT2D eigenvalue weighted by atomic mass is 10.2. The van der Waals surface area contributed by atoms with E-state index in [1.54, 1.807) is 18.2 Å². The predicted octanol–water partition coefficient (Wildman–Crippen LogP) is 1.06. The van der Waals surface area contributed by atoms with E-state index >= 15 is 0 Å². The average molecular weight is 228 g/mol. The second-order valence-corrected chi connectivity index (χ2v) is 3.61. The van der Waals surface area contributed by atoms with Crippen LogP contribution in [-0.4, -0.2) is 30.8 Å². The number of hydrogen-bond donors (Lipinski definition) is 1. The van der Waals surface area contributed by atoms with Crippen molar-refractivity contribution in [2.24, 2.45) is 0 Å². The van der Waals surface area contributed by atoms with Crippen LogP contribution in [0.25, 0.3) is 0 Å². The number of nitrogens with zero attached hydrogens (tertiary/aromatic N) is 1. The third kappa shape index (κ3) is 1.91. The van der Waals surface area contributed by atoms with Gasteiger partial charge in [0.05, 0.1) is 12.3 Å². The van der Waals surface area contributed by atoms with E-state index in [4.69, 9.17) is 21.4 Å². The van der Waals surface area contributed by atoms with Crippen molar-refractivity contribution < 1.29 is 14.6 Å². The Labute approximate surface area is 92.0 Å². The van der Waals surface area contributed by atoms with E-state index in [1.807, 2.05) is 0 Å². The van der Waals surface area contributed by atoms with Crippen LogP contribution in [0.1, 0.15) is 0 Å². The zero-order chi connectivity index (χ0) is 10.8. The summed E-state index contributed by atoms with van der Waals surface area (Å²) in [4.78, 5) is 13.0. The van der Waals surface area contributed by atoms with Gasteiger partial charge in [-0.1, -0.05) is 11.6 Å². The third-order valence-electron chi connectivity index (χ3n) is 2.19. The highest BCUT2D eigenvalue weighted by Gasteiger charge is 2.24. The lowest BCUT2D eigenvalue weighted by Crippen LogP contribution is -2.40. The number of aliphatic hydroxyl groups is 1. The van der Waals surface area contributed by atoms with Gasteiger partial charge in [-0.05, 0) is 18.2 Å². The van der Waals surface area contributed by atoms with E-state index in [2.05, 4.69) is 0 Å². The fourth-order valence-corrected chi connectivity index (χ4v) is 1.69. The van der Waals surface area contributed by atoms with Crippen LogP contribution in [0, 0.1) is 0 Å². The maximum Gasteiger partial charge on any atom is 0.265 e. The van der Waals surface area contributed by atoms with Crippen LogP contribution in [0.4, 0.5) is 5.69 Å². The van der Waals surface area contributed by atoms with Gasteiger partial charge in [-0.25, -0.2) is 0 Å². The summed E-state index contributed by atoms with van der Waals surface area (Å²) in [6.07, 6.45) is 0. The average Bonchev–Trinajstić information content (AvgIpc) is 2.23. The molecule has 0 saturated carbocycles. The highest BCUT2D eigenvalue weighted by molar-refractivity contribution is 6.31. The third-order valence-corrected chi connectivity index (χ3v) is 2.42. The number of amides is 1. The first-order valence-electron chi connectivity index (χ1n) is 4.56. The first-order valence-corrected chi connectivity index (χ1v) is 4.94. The van der Waals surface area contributed by atoms with Crippen LogP contribution < -0.4 is 9.64 Å². The summed E-state index contributed by atoms with van der Waals surface area (Å²) in [6.45, 7) is 0.182. The maximum atomic E-state index is 11.5. The zero-order valence-corrected chi connectivity index (χ0v) is 8.70. The first-order chi connectivity index (χ1) is 7.22. The summed E-state index contributed by atoms with van der Waals surface area (Å²) in [6, 6.07) is 5.07. The number of ether oxygens (including phenoxy) is 1. The Morgan fingerprint density at radius 1 is 1.53 bits per heavy atom. The lowest BCUT2D eigenvalue weighted by molar-refractivity contribution is -0.121. The van der Waals surface area contributed by atoms with Crippen molar-refractivity contribution in [1.82, 2.24) is 0 Å². The van der Waals surface area contributed by atoms with Gasteiger partial charge in [0, 0.05) is 11.6 Å². The van der Waals surface area contributed by atoms with Crippen molar-refractivity contribution in [2.45, 2.75) is 0 Å². The van der Waals surface area contributed by atoms with Gasteiger partial charge in [0.15, 0.2) is 6.61 Å². The molecule has 0 atom stereocenters. The van der Waals surface area contributed by atoms with Crippen LogP contribution >= 0.6 is 11.6 Å². The molecule has 1 aromatic rings. The smallest absolute Gasteiger partial charge is 0.265 e. The molecular weight excluding hydrogens is 218 g/mol. The summed E-state index contributed by atoms with van der Waals surface area (Å²) in [5, 5.41) is 9.40. The fourth-order valence-electron chi connectivity index (χ4n) is 1.52. The minimum Gasteiger partial charge on any atom is -0.482 e. The molecule has 5 heteroatoms. The van der Waals surface area contributed by atoms with Crippen LogP contribution in [0.2, 0.25) is 5.02 Å². The molecule has 1 N–H and O–H groups in total. The molecule has 1 aliphatic heterocycles. The van der Waals surface area contributed by atoms with Gasteiger partial charge in [-0.3, -0.25) is 4.79 Å². The molecule has 80 valence electrons. The van der Waals surface area contributed by atoms with Crippen molar-refractivity contribution >= 4 is 23.2 Å². The highest BCUT2D eigenvalue weighted by atomic mass is 35.5. The summed E-state index contributed by atoms with van der Waals surface area (Å²) < 4.78 is 5.24. The van der Waals surface area contributed by atoms with Crippen LogP contribution in [0.15, 0.2) is 18.2 Å². The standard InChI is InChI=1S/C10H10ClNO3/c11-7-1-2-9-8(5-7)12(3-4-13)10(14)6-15-9/h1-2,5,13H,3-4,6H2. The first kappa shape index (κ1) is 10.3. The van der Waals surface area contributed by atoms with Gasteiger partial charge in [0.25, 0.3) is 5.91 Å². The molecule has 0 aromatic heterocycles. The van der Waals surface area contributed by atoms with Gasteiger partial charge >= 0.3 is 0 Å². The Balaban J connectivity index is 2.41. The maximum absolute atomic E-state index is 11.5. The van der Waals surface area contributed by atoms with Crippen LogP contribution in [-0.2, 0) is 4.79 Å². The van der Waals surface area contributed by atoms with Gasteiger partial charge in [0.2, 0.25) is 0 Å². The van der Waals surface area contributed by atoms with Crippen molar-refractivity contribution in [3.8, 4) is 5.75 Å². The quantitative estimate of drug-likeness (QED) is 0.822. The Morgan fingerprint density at radius 3 is 3.07 bits per heavy atom. The van der Waals surface area contributed by atoms with Crippen molar-refractivity contribution in [3.05, 3.63) is 23.2 Å². The second-order valence-electron chi connectivity index (χ2n) is 3.17. The van der Waals surface area contributed by atoms with E-state index in [-0.39, 0.29) is 25.7 Å². The van der Waals surface area contributed by atoms with Crippen molar-refractivity contribution in [1.29, 1.82) is 0 Å². The number of aliphatic hydroxyl groups excluding tert-OH is 1. The molecule has 0 spiro atoms. The number of hydrogen-bond acceptors (Lipinski definition) is 3. The van der Waals surface area contributed by atoms with Crippen molar-refractivity contribution in [2.75, 3.05) is 24.7 Å². The highest BCUT2D eigenvalue weighted by Crippen LogP contribution is 2.33. The Hall–Kier alpha value is -1.26. The topological polar surface area (TPSA) is 49.8 Å². The molecule has 2 rings (SSSR count). The molecule has 1 aromatic carbocycles. The van der Waals surface area contributed by atoms with Gasteiger partial charge < -0.3 is 14.7 Å². The number of rotatable bonds is 2. The molecule has 1 amide bonds. The molecular formula is C10H10ClNO3. The zero-order valence-electron chi connectivity index (χ0n) is 7.94. The lowest BCUT2D eigenvalue weighted by Gasteiger charge is -2.28. The molecule has 0 aliphatic carbocycles. The molecule has 15 heavy (non-hydrogen) atoms. The predicted molar refractivity (Wildman–Crippen MR) is 56.4 cm³/mol.